The third kappa shape index (κ3) is 2.88. The molecule has 0 saturated carbocycles. The van der Waals surface area contributed by atoms with Crippen LogP contribution in [0.25, 0.3) is 11.4 Å². The van der Waals surface area contributed by atoms with Crippen LogP contribution in [0, 0.1) is 5.41 Å². The lowest BCUT2D eigenvalue weighted by molar-refractivity contribution is 0.0940. The number of ether oxygens (including phenoxy) is 2. The molecule has 2 heterocycles. The summed E-state index contributed by atoms with van der Waals surface area (Å²) in [6, 6.07) is 5.52. The number of nitrogens with one attached hydrogen (secondary N) is 2. The Kier molecular flexibility index (Phi) is 3.75. The zero-order valence-electron chi connectivity index (χ0n) is 13.8. The van der Waals surface area contributed by atoms with Gasteiger partial charge in [0.05, 0.1) is 19.8 Å². The summed E-state index contributed by atoms with van der Waals surface area (Å²) in [5, 5.41) is 2.93. The van der Waals surface area contributed by atoms with E-state index in [2.05, 4.69) is 29.1 Å². The van der Waals surface area contributed by atoms with Crippen LogP contribution in [-0.2, 0) is 6.42 Å². The first-order valence-electron chi connectivity index (χ1n) is 7.53. The van der Waals surface area contributed by atoms with E-state index in [1.54, 1.807) is 20.3 Å². The van der Waals surface area contributed by atoms with Crippen molar-refractivity contribution in [2.75, 3.05) is 20.8 Å². The van der Waals surface area contributed by atoms with Crippen LogP contribution in [0.1, 0.15) is 30.0 Å². The standard InChI is InChI=1S/C17H21N3O3/c1-17(2)8-12-14(16(21)18-9-17)20-15(19-12)11-6-5-10(22-3)7-13(11)23-4/h5-7H,8-9H2,1-4H3,(H,18,21)(H,19,20). The van der Waals surface area contributed by atoms with E-state index in [4.69, 9.17) is 9.47 Å². The van der Waals surface area contributed by atoms with Gasteiger partial charge in [-0.15, -0.1) is 0 Å². The van der Waals surface area contributed by atoms with E-state index >= 15 is 0 Å². The van der Waals surface area contributed by atoms with Gasteiger partial charge in [0.2, 0.25) is 0 Å². The Balaban J connectivity index is 2.06. The SMILES string of the molecule is COc1ccc(-c2nc3c([nH]2)CC(C)(C)CNC3=O)c(OC)c1. The molecule has 0 unspecified atom stereocenters. The highest BCUT2D eigenvalue weighted by Gasteiger charge is 2.30. The Morgan fingerprint density at radius 3 is 2.70 bits per heavy atom. The molecule has 1 amide bonds. The van der Waals surface area contributed by atoms with Crippen LogP contribution in [0.4, 0.5) is 0 Å². The van der Waals surface area contributed by atoms with E-state index in [1.165, 1.54) is 0 Å². The first-order chi connectivity index (χ1) is 10.9. The van der Waals surface area contributed by atoms with Crippen LogP contribution in [0.2, 0.25) is 0 Å². The van der Waals surface area contributed by atoms with Gasteiger partial charge in [-0.3, -0.25) is 4.79 Å². The van der Waals surface area contributed by atoms with Crippen molar-refractivity contribution in [2.45, 2.75) is 20.3 Å². The summed E-state index contributed by atoms with van der Waals surface area (Å²) in [7, 11) is 3.21. The second-order valence-electron chi connectivity index (χ2n) is 6.50. The first-order valence-corrected chi connectivity index (χ1v) is 7.53. The molecule has 3 rings (SSSR count). The normalized spacial score (nSPS) is 16.3. The monoisotopic (exact) mass is 315 g/mol. The number of fused-ring (bicyclic) bond motifs is 1. The van der Waals surface area contributed by atoms with Gasteiger partial charge in [0, 0.05) is 18.3 Å². The Morgan fingerprint density at radius 2 is 2.00 bits per heavy atom. The summed E-state index contributed by atoms with van der Waals surface area (Å²) in [5.74, 6) is 1.84. The van der Waals surface area contributed by atoms with Gasteiger partial charge in [-0.25, -0.2) is 4.98 Å². The summed E-state index contributed by atoms with van der Waals surface area (Å²) in [6.45, 7) is 4.88. The molecular weight excluding hydrogens is 294 g/mol. The van der Waals surface area contributed by atoms with E-state index in [0.29, 0.717) is 29.6 Å². The molecule has 0 radical (unpaired) electrons. The number of rotatable bonds is 3. The van der Waals surface area contributed by atoms with Crippen LogP contribution in [0.3, 0.4) is 0 Å². The highest BCUT2D eigenvalue weighted by Crippen LogP contribution is 2.34. The number of nitrogens with zero attached hydrogens (tertiary/aromatic N) is 1. The predicted octanol–water partition coefficient (Wildman–Crippen LogP) is 2.41. The van der Waals surface area contributed by atoms with Crippen molar-refractivity contribution in [1.82, 2.24) is 15.3 Å². The molecule has 2 N–H and O–H groups in total. The molecular formula is C17H21N3O3. The Labute approximate surface area is 135 Å². The fourth-order valence-electron chi connectivity index (χ4n) is 2.79. The van der Waals surface area contributed by atoms with Gasteiger partial charge in [-0.05, 0) is 24.0 Å². The van der Waals surface area contributed by atoms with Crippen molar-refractivity contribution in [3.05, 3.63) is 29.6 Å². The van der Waals surface area contributed by atoms with Crippen LogP contribution in [0.5, 0.6) is 11.5 Å². The number of carbonyl (C=O) groups excluding carboxylic acids is 1. The molecule has 1 aliphatic heterocycles. The second kappa shape index (κ2) is 5.61. The highest BCUT2D eigenvalue weighted by atomic mass is 16.5. The van der Waals surface area contributed by atoms with Crippen LogP contribution in [0.15, 0.2) is 18.2 Å². The Bertz CT molecular complexity index is 750. The molecule has 1 aromatic carbocycles. The maximum atomic E-state index is 12.2. The fraction of sp³-hybridized carbons (Fsp3) is 0.412. The molecule has 6 heteroatoms. The molecule has 0 spiro atoms. The number of methoxy groups -OCH3 is 2. The smallest absolute Gasteiger partial charge is 0.271 e. The fourth-order valence-corrected chi connectivity index (χ4v) is 2.79. The van der Waals surface area contributed by atoms with Crippen molar-refractivity contribution in [3.63, 3.8) is 0 Å². The lowest BCUT2D eigenvalue weighted by Crippen LogP contribution is -2.32. The zero-order valence-corrected chi connectivity index (χ0v) is 13.8. The summed E-state index contributed by atoms with van der Waals surface area (Å²) >= 11 is 0. The number of carbonyl (C=O) groups is 1. The highest BCUT2D eigenvalue weighted by molar-refractivity contribution is 5.94. The second-order valence-corrected chi connectivity index (χ2v) is 6.50. The largest absolute Gasteiger partial charge is 0.497 e. The molecule has 2 aromatic rings. The van der Waals surface area contributed by atoms with Crippen molar-refractivity contribution in [1.29, 1.82) is 0 Å². The number of H-pyrrole nitrogens is 1. The van der Waals surface area contributed by atoms with E-state index in [0.717, 1.165) is 17.7 Å². The number of aromatic nitrogens is 2. The first kappa shape index (κ1) is 15.4. The average Bonchev–Trinajstić information content (AvgIpc) is 2.90. The van der Waals surface area contributed by atoms with Crippen molar-refractivity contribution in [3.8, 4) is 22.9 Å². The van der Waals surface area contributed by atoms with E-state index in [9.17, 15) is 4.79 Å². The van der Waals surface area contributed by atoms with Gasteiger partial charge in [0.25, 0.3) is 5.91 Å². The van der Waals surface area contributed by atoms with Crippen molar-refractivity contribution >= 4 is 5.91 Å². The van der Waals surface area contributed by atoms with Gasteiger partial charge in [0.15, 0.2) is 0 Å². The summed E-state index contributed by atoms with van der Waals surface area (Å²) < 4.78 is 10.6. The van der Waals surface area contributed by atoms with Crippen LogP contribution >= 0.6 is 0 Å². The van der Waals surface area contributed by atoms with Gasteiger partial charge in [-0.1, -0.05) is 13.8 Å². The Morgan fingerprint density at radius 1 is 1.22 bits per heavy atom. The summed E-state index contributed by atoms with van der Waals surface area (Å²) in [5.41, 5.74) is 2.10. The van der Waals surface area contributed by atoms with E-state index < -0.39 is 0 Å². The minimum Gasteiger partial charge on any atom is -0.497 e. The lowest BCUT2D eigenvalue weighted by atomic mass is 9.88. The molecule has 0 aliphatic carbocycles. The molecule has 0 saturated heterocycles. The number of imidazole rings is 1. The molecule has 1 aliphatic rings. The van der Waals surface area contributed by atoms with Gasteiger partial charge >= 0.3 is 0 Å². The van der Waals surface area contributed by atoms with Gasteiger partial charge < -0.3 is 19.8 Å². The molecule has 23 heavy (non-hydrogen) atoms. The minimum atomic E-state index is -0.138. The van der Waals surface area contributed by atoms with Crippen LogP contribution < -0.4 is 14.8 Å². The maximum Gasteiger partial charge on any atom is 0.271 e. The third-order valence-electron chi connectivity index (χ3n) is 4.04. The summed E-state index contributed by atoms with van der Waals surface area (Å²) in [4.78, 5) is 20.0. The molecule has 1 aromatic heterocycles. The van der Waals surface area contributed by atoms with E-state index in [1.807, 2.05) is 12.1 Å². The van der Waals surface area contributed by atoms with Crippen molar-refractivity contribution < 1.29 is 14.3 Å². The molecule has 0 atom stereocenters. The number of hydrogen-bond donors (Lipinski definition) is 2. The average molecular weight is 315 g/mol. The molecule has 0 fully saturated rings. The van der Waals surface area contributed by atoms with E-state index in [-0.39, 0.29) is 11.3 Å². The third-order valence-corrected chi connectivity index (χ3v) is 4.04. The zero-order chi connectivity index (χ0) is 16.6. The minimum absolute atomic E-state index is 0.0191. The molecule has 6 nitrogen and oxygen atoms in total. The van der Waals surface area contributed by atoms with Crippen molar-refractivity contribution in [2.24, 2.45) is 5.41 Å². The van der Waals surface area contributed by atoms with Crippen LogP contribution in [-0.4, -0.2) is 36.6 Å². The Hall–Kier alpha value is -2.50. The molecule has 122 valence electrons. The molecule has 0 bridgehead atoms. The topological polar surface area (TPSA) is 76.2 Å². The number of hydrogen-bond acceptors (Lipinski definition) is 4. The number of amides is 1. The maximum absolute atomic E-state index is 12.2. The summed E-state index contributed by atoms with van der Waals surface area (Å²) in [6.07, 6.45) is 0.756. The van der Waals surface area contributed by atoms with Gasteiger partial charge in [-0.2, -0.15) is 0 Å². The number of aromatic amines is 1. The quantitative estimate of drug-likeness (QED) is 0.912. The number of benzene rings is 1. The lowest BCUT2D eigenvalue weighted by Gasteiger charge is -2.21. The predicted molar refractivity (Wildman–Crippen MR) is 86.9 cm³/mol. The van der Waals surface area contributed by atoms with Gasteiger partial charge in [0.1, 0.15) is 23.0 Å².